The Morgan fingerprint density at radius 3 is 2.32 bits per heavy atom. The monoisotopic (exact) mass is 302 g/mol. The highest BCUT2D eigenvalue weighted by Crippen LogP contribution is 2.28. The van der Waals surface area contributed by atoms with E-state index in [9.17, 15) is 14.9 Å². The van der Waals surface area contributed by atoms with Crippen LogP contribution in [0.25, 0.3) is 0 Å². The number of hydrogen-bond donors (Lipinski definition) is 1. The van der Waals surface area contributed by atoms with Crippen molar-refractivity contribution >= 4 is 11.6 Å². The van der Waals surface area contributed by atoms with Gasteiger partial charge in [-0.25, -0.2) is 0 Å². The summed E-state index contributed by atoms with van der Waals surface area (Å²) in [5.41, 5.74) is 0.317. The van der Waals surface area contributed by atoms with Gasteiger partial charge in [0.05, 0.1) is 17.6 Å². The van der Waals surface area contributed by atoms with Gasteiger partial charge in [-0.1, -0.05) is 0 Å². The van der Waals surface area contributed by atoms with E-state index in [2.05, 4.69) is 5.32 Å². The topological polar surface area (TPSA) is 90.7 Å². The Morgan fingerprint density at radius 1 is 1.14 bits per heavy atom. The summed E-state index contributed by atoms with van der Waals surface area (Å²) >= 11 is 0. The van der Waals surface area contributed by atoms with Crippen LogP contribution in [0.3, 0.4) is 0 Å². The average molecular weight is 302 g/mol. The van der Waals surface area contributed by atoms with Crippen LogP contribution in [0.5, 0.6) is 17.2 Å². The third kappa shape index (κ3) is 3.32. The molecule has 0 unspecified atom stereocenters. The molecule has 0 aliphatic heterocycles. The Kier molecular flexibility index (Phi) is 4.57. The molecule has 0 heterocycles. The molecule has 1 N–H and O–H groups in total. The minimum absolute atomic E-state index is 0.0202. The number of ether oxygens (including phenoxy) is 2. The van der Waals surface area contributed by atoms with E-state index in [0.717, 1.165) is 0 Å². The fourth-order valence-corrected chi connectivity index (χ4v) is 1.83. The van der Waals surface area contributed by atoms with Crippen LogP contribution in [-0.4, -0.2) is 25.0 Å². The highest BCUT2D eigenvalue weighted by atomic mass is 16.6. The Hall–Kier alpha value is -3.09. The van der Waals surface area contributed by atoms with Crippen molar-refractivity contribution in [1.82, 2.24) is 5.32 Å². The van der Waals surface area contributed by atoms with Gasteiger partial charge in [0.2, 0.25) is 0 Å². The molecule has 2 aromatic carbocycles. The molecule has 1 amide bonds. The number of methoxy groups -OCH3 is 1. The summed E-state index contributed by atoms with van der Waals surface area (Å²) in [5.74, 6) is 0.980. The molecule has 0 atom stereocenters. The van der Waals surface area contributed by atoms with Crippen molar-refractivity contribution < 1.29 is 19.2 Å². The molecule has 0 aliphatic rings. The third-order valence-corrected chi connectivity index (χ3v) is 2.93. The van der Waals surface area contributed by atoms with Crippen LogP contribution in [0.1, 0.15) is 10.4 Å². The molecule has 0 fully saturated rings. The number of non-ortho nitro benzene ring substituents is 1. The molecule has 2 aromatic rings. The number of hydrogen-bond acceptors (Lipinski definition) is 5. The number of carbonyl (C=O) groups is 1. The van der Waals surface area contributed by atoms with Crippen molar-refractivity contribution in [2.45, 2.75) is 0 Å². The van der Waals surface area contributed by atoms with Crippen molar-refractivity contribution in [2.75, 3.05) is 14.2 Å². The van der Waals surface area contributed by atoms with E-state index in [-0.39, 0.29) is 11.6 Å². The molecule has 0 spiro atoms. The third-order valence-electron chi connectivity index (χ3n) is 2.93. The van der Waals surface area contributed by atoms with Crippen LogP contribution in [-0.2, 0) is 0 Å². The van der Waals surface area contributed by atoms with Crippen molar-refractivity contribution in [2.24, 2.45) is 0 Å². The Labute approximate surface area is 126 Å². The van der Waals surface area contributed by atoms with Crippen molar-refractivity contribution in [3.63, 3.8) is 0 Å². The van der Waals surface area contributed by atoms with Crippen molar-refractivity contribution in [3.05, 3.63) is 58.1 Å². The summed E-state index contributed by atoms with van der Waals surface area (Å²) in [6.45, 7) is 0. The summed E-state index contributed by atoms with van der Waals surface area (Å²) in [6.07, 6.45) is 0. The van der Waals surface area contributed by atoms with E-state index >= 15 is 0 Å². The lowest BCUT2D eigenvalue weighted by Crippen LogP contribution is -2.18. The van der Waals surface area contributed by atoms with Gasteiger partial charge >= 0.3 is 0 Å². The highest BCUT2D eigenvalue weighted by molar-refractivity contribution is 5.97. The van der Waals surface area contributed by atoms with Crippen LogP contribution in [0.4, 0.5) is 5.69 Å². The summed E-state index contributed by atoms with van der Waals surface area (Å²) < 4.78 is 10.7. The number of carbonyl (C=O) groups excluding carboxylic acids is 1. The number of amides is 1. The molecule has 0 aromatic heterocycles. The molecule has 114 valence electrons. The first-order valence-corrected chi connectivity index (χ1v) is 6.37. The van der Waals surface area contributed by atoms with Crippen molar-refractivity contribution in [3.8, 4) is 17.2 Å². The fraction of sp³-hybridized carbons (Fsp3) is 0.133. The van der Waals surface area contributed by atoms with Gasteiger partial charge in [-0.2, -0.15) is 0 Å². The summed E-state index contributed by atoms with van der Waals surface area (Å²) in [6, 6.07) is 10.5. The van der Waals surface area contributed by atoms with Gasteiger partial charge < -0.3 is 14.8 Å². The number of nitro benzene ring substituents is 1. The SMILES string of the molecule is CNC(=O)c1cc(Oc2ccc([N+](=O)[O-])cc2)ccc1OC. The van der Waals surface area contributed by atoms with Crippen LogP contribution in [0, 0.1) is 10.1 Å². The first-order chi connectivity index (χ1) is 10.5. The predicted octanol–water partition coefficient (Wildman–Crippen LogP) is 2.76. The van der Waals surface area contributed by atoms with Gasteiger partial charge in [0.15, 0.2) is 0 Å². The summed E-state index contributed by atoms with van der Waals surface area (Å²) in [7, 11) is 2.99. The van der Waals surface area contributed by atoms with Gasteiger partial charge in [0.25, 0.3) is 11.6 Å². The first kappa shape index (κ1) is 15.3. The standard InChI is InChI=1S/C15H14N2O5/c1-16-15(18)13-9-12(7-8-14(13)21-2)22-11-5-3-10(4-6-11)17(19)20/h3-9H,1-2H3,(H,16,18). The van der Waals surface area contributed by atoms with Gasteiger partial charge in [0, 0.05) is 19.2 Å². The van der Waals surface area contributed by atoms with Gasteiger partial charge in [-0.15, -0.1) is 0 Å². The second-order valence-corrected chi connectivity index (χ2v) is 4.29. The molecular weight excluding hydrogens is 288 g/mol. The second kappa shape index (κ2) is 6.57. The van der Waals surface area contributed by atoms with Gasteiger partial charge in [0.1, 0.15) is 17.2 Å². The first-order valence-electron chi connectivity index (χ1n) is 6.37. The maximum atomic E-state index is 11.8. The molecular formula is C15H14N2O5. The Balaban J connectivity index is 2.26. The van der Waals surface area contributed by atoms with Crippen LogP contribution in [0.15, 0.2) is 42.5 Å². The molecule has 0 bridgehead atoms. The molecule has 7 nitrogen and oxygen atoms in total. The quantitative estimate of drug-likeness (QED) is 0.677. The van der Waals surface area contributed by atoms with Crippen LogP contribution < -0.4 is 14.8 Å². The maximum absolute atomic E-state index is 11.8. The zero-order chi connectivity index (χ0) is 16.1. The minimum atomic E-state index is -0.485. The molecule has 0 radical (unpaired) electrons. The van der Waals surface area contributed by atoms with Crippen LogP contribution in [0.2, 0.25) is 0 Å². The van der Waals surface area contributed by atoms with Gasteiger partial charge in [-0.05, 0) is 30.3 Å². The number of rotatable bonds is 5. The molecule has 22 heavy (non-hydrogen) atoms. The Bertz CT molecular complexity index is 698. The van der Waals surface area contributed by atoms with E-state index in [1.54, 1.807) is 18.2 Å². The van der Waals surface area contributed by atoms with Gasteiger partial charge in [-0.3, -0.25) is 14.9 Å². The average Bonchev–Trinajstić information content (AvgIpc) is 2.54. The number of nitro groups is 1. The Morgan fingerprint density at radius 2 is 1.77 bits per heavy atom. The number of nitrogens with zero attached hydrogens (tertiary/aromatic N) is 1. The molecule has 0 aliphatic carbocycles. The van der Waals surface area contributed by atoms with E-state index in [4.69, 9.17) is 9.47 Å². The van der Waals surface area contributed by atoms with E-state index in [0.29, 0.717) is 22.8 Å². The molecule has 2 rings (SSSR count). The van der Waals surface area contributed by atoms with E-state index in [1.807, 2.05) is 0 Å². The number of benzene rings is 2. The zero-order valence-corrected chi connectivity index (χ0v) is 12.0. The largest absolute Gasteiger partial charge is 0.496 e. The predicted molar refractivity (Wildman–Crippen MR) is 79.6 cm³/mol. The molecule has 7 heteroatoms. The van der Waals surface area contributed by atoms with E-state index < -0.39 is 4.92 Å². The zero-order valence-electron chi connectivity index (χ0n) is 12.0. The second-order valence-electron chi connectivity index (χ2n) is 4.29. The summed E-state index contributed by atoms with van der Waals surface area (Å²) in [4.78, 5) is 21.9. The van der Waals surface area contributed by atoms with Crippen molar-refractivity contribution in [1.29, 1.82) is 0 Å². The van der Waals surface area contributed by atoms with E-state index in [1.165, 1.54) is 38.4 Å². The normalized spacial score (nSPS) is 9.91. The lowest BCUT2D eigenvalue weighted by molar-refractivity contribution is -0.384. The number of nitrogens with one attached hydrogen (secondary N) is 1. The lowest BCUT2D eigenvalue weighted by Gasteiger charge is -2.10. The summed E-state index contributed by atoms with van der Waals surface area (Å²) in [5, 5.41) is 13.1. The van der Waals surface area contributed by atoms with Crippen LogP contribution >= 0.6 is 0 Å². The lowest BCUT2D eigenvalue weighted by atomic mass is 10.1. The molecule has 0 saturated carbocycles. The highest BCUT2D eigenvalue weighted by Gasteiger charge is 2.13. The maximum Gasteiger partial charge on any atom is 0.269 e. The molecule has 0 saturated heterocycles. The smallest absolute Gasteiger partial charge is 0.269 e. The minimum Gasteiger partial charge on any atom is -0.496 e. The fourth-order valence-electron chi connectivity index (χ4n) is 1.83.